The zero-order valence-corrected chi connectivity index (χ0v) is 12.0. The molecule has 0 aliphatic rings. The monoisotopic (exact) mass is 285 g/mol. The molecule has 3 nitrogen and oxygen atoms in total. The van der Waals surface area contributed by atoms with Crippen LogP contribution in [0, 0.1) is 0 Å². The molecule has 1 amide bonds. The molecule has 0 fully saturated rings. The molecule has 1 aromatic rings. The average molecular weight is 285 g/mol. The Morgan fingerprint density at radius 2 is 2.17 bits per heavy atom. The van der Waals surface area contributed by atoms with Crippen molar-refractivity contribution in [1.82, 2.24) is 5.32 Å². The van der Waals surface area contributed by atoms with E-state index in [0.29, 0.717) is 13.0 Å². The zero-order chi connectivity index (χ0) is 13.2. The lowest BCUT2D eigenvalue weighted by molar-refractivity contribution is -0.120. The number of carbonyl (C=O) groups is 1. The van der Waals surface area contributed by atoms with Crippen molar-refractivity contribution in [3.63, 3.8) is 0 Å². The number of hydrogen-bond donors (Lipinski definition) is 3. The maximum absolute atomic E-state index is 11.3. The molecule has 1 aromatic carbocycles. The van der Waals surface area contributed by atoms with Gasteiger partial charge in [-0.25, -0.2) is 0 Å². The maximum atomic E-state index is 11.3. The fourth-order valence-electron chi connectivity index (χ4n) is 1.46. The van der Waals surface area contributed by atoms with Gasteiger partial charge >= 0.3 is 0 Å². The summed E-state index contributed by atoms with van der Waals surface area (Å²) in [6.07, 6.45) is 0.497. The summed E-state index contributed by atoms with van der Waals surface area (Å²) in [6, 6.07) is 8.33. The Hall–Kier alpha value is -0.650. The molecule has 0 bridgehead atoms. The van der Waals surface area contributed by atoms with E-state index in [1.807, 2.05) is 6.07 Å². The second-order valence-electron chi connectivity index (χ2n) is 3.85. The smallest absolute Gasteiger partial charge is 0.220 e. The van der Waals surface area contributed by atoms with Gasteiger partial charge in [0.25, 0.3) is 0 Å². The zero-order valence-electron chi connectivity index (χ0n) is 10.3. The van der Waals surface area contributed by atoms with Gasteiger partial charge in [0.05, 0.1) is 6.61 Å². The molecule has 0 aliphatic heterocycles. The molecule has 0 aliphatic carbocycles. The summed E-state index contributed by atoms with van der Waals surface area (Å²) in [5.74, 6) is 2.46. The largest absolute Gasteiger partial charge is 0.395 e. The van der Waals surface area contributed by atoms with Crippen LogP contribution < -0.4 is 5.32 Å². The third-order valence-corrected chi connectivity index (χ3v) is 3.75. The van der Waals surface area contributed by atoms with Gasteiger partial charge in [0.15, 0.2) is 0 Å². The van der Waals surface area contributed by atoms with E-state index in [4.69, 9.17) is 5.11 Å². The highest BCUT2D eigenvalue weighted by Gasteiger charge is 2.01. The van der Waals surface area contributed by atoms with E-state index in [9.17, 15) is 4.79 Å². The van der Waals surface area contributed by atoms with Crippen LogP contribution in [-0.2, 0) is 16.3 Å². The number of carbonyl (C=O) groups excluding carboxylic acids is 1. The van der Waals surface area contributed by atoms with E-state index < -0.39 is 0 Å². The van der Waals surface area contributed by atoms with Crippen molar-refractivity contribution in [2.24, 2.45) is 0 Å². The minimum absolute atomic E-state index is 0.000610. The number of rotatable bonds is 8. The van der Waals surface area contributed by atoms with Gasteiger partial charge in [-0.3, -0.25) is 4.79 Å². The Bertz CT molecular complexity index is 372. The SMILES string of the molecule is O=C(CCSCc1cccc(CS)c1)NCCO. The average Bonchev–Trinajstić information content (AvgIpc) is 2.41. The lowest BCUT2D eigenvalue weighted by Gasteiger charge is -2.05. The molecule has 0 radical (unpaired) electrons. The lowest BCUT2D eigenvalue weighted by atomic mass is 10.2. The standard InChI is InChI=1S/C13H19NO2S2/c15-6-5-14-13(16)4-7-18-10-12-3-1-2-11(8-12)9-17/h1-3,8,15,17H,4-7,9-10H2,(H,14,16). The van der Waals surface area contributed by atoms with Crippen LogP contribution in [0.5, 0.6) is 0 Å². The van der Waals surface area contributed by atoms with E-state index in [1.54, 1.807) is 11.8 Å². The predicted molar refractivity (Wildman–Crippen MR) is 80.0 cm³/mol. The highest BCUT2D eigenvalue weighted by Crippen LogP contribution is 2.15. The lowest BCUT2D eigenvalue weighted by Crippen LogP contribution is -2.26. The van der Waals surface area contributed by atoms with Crippen LogP contribution in [0.4, 0.5) is 0 Å². The van der Waals surface area contributed by atoms with Crippen molar-refractivity contribution in [3.05, 3.63) is 35.4 Å². The Kier molecular flexibility index (Phi) is 7.96. The molecule has 0 saturated heterocycles. The number of aliphatic hydroxyl groups excluding tert-OH is 1. The number of hydrogen-bond acceptors (Lipinski definition) is 4. The van der Waals surface area contributed by atoms with Crippen LogP contribution in [0.3, 0.4) is 0 Å². The van der Waals surface area contributed by atoms with Crippen molar-refractivity contribution in [1.29, 1.82) is 0 Å². The van der Waals surface area contributed by atoms with E-state index in [1.165, 1.54) is 11.1 Å². The number of nitrogens with one attached hydrogen (secondary N) is 1. The summed E-state index contributed by atoms with van der Waals surface area (Å²) in [5.41, 5.74) is 2.49. The van der Waals surface area contributed by atoms with Crippen molar-refractivity contribution in [2.45, 2.75) is 17.9 Å². The summed E-state index contributed by atoms with van der Waals surface area (Å²) >= 11 is 5.99. The van der Waals surface area contributed by atoms with Gasteiger partial charge in [-0.1, -0.05) is 24.3 Å². The number of amides is 1. The van der Waals surface area contributed by atoms with Gasteiger partial charge in [-0.15, -0.1) is 0 Å². The Balaban J connectivity index is 2.19. The fourth-order valence-corrected chi connectivity index (χ4v) is 2.54. The molecule has 0 saturated carbocycles. The molecule has 0 unspecified atom stereocenters. The third-order valence-electron chi connectivity index (χ3n) is 2.35. The third kappa shape index (κ3) is 6.33. The van der Waals surface area contributed by atoms with Crippen molar-refractivity contribution >= 4 is 30.3 Å². The van der Waals surface area contributed by atoms with E-state index in [2.05, 4.69) is 36.1 Å². The summed E-state index contributed by atoms with van der Waals surface area (Å²) < 4.78 is 0. The number of benzene rings is 1. The fraction of sp³-hybridized carbons (Fsp3) is 0.462. The Morgan fingerprint density at radius 3 is 2.89 bits per heavy atom. The molecule has 0 heterocycles. The predicted octanol–water partition coefficient (Wildman–Crippen LogP) is 1.85. The quantitative estimate of drug-likeness (QED) is 0.505. The first-order valence-electron chi connectivity index (χ1n) is 5.90. The van der Waals surface area contributed by atoms with Crippen LogP contribution in [0.25, 0.3) is 0 Å². The Morgan fingerprint density at radius 1 is 1.39 bits per heavy atom. The molecule has 18 heavy (non-hydrogen) atoms. The molecule has 0 atom stereocenters. The minimum atomic E-state index is -0.00456. The van der Waals surface area contributed by atoms with Crippen molar-refractivity contribution in [2.75, 3.05) is 18.9 Å². The topological polar surface area (TPSA) is 49.3 Å². The second-order valence-corrected chi connectivity index (χ2v) is 5.28. The van der Waals surface area contributed by atoms with E-state index in [0.717, 1.165) is 17.3 Å². The molecule has 5 heteroatoms. The Labute approximate surface area is 118 Å². The normalized spacial score (nSPS) is 10.3. The molecular formula is C13H19NO2S2. The van der Waals surface area contributed by atoms with Gasteiger partial charge < -0.3 is 10.4 Å². The molecule has 100 valence electrons. The van der Waals surface area contributed by atoms with Gasteiger partial charge in [-0.05, 0) is 11.1 Å². The second kappa shape index (κ2) is 9.30. The summed E-state index contributed by atoms with van der Waals surface area (Å²) in [6.45, 7) is 0.336. The van der Waals surface area contributed by atoms with E-state index >= 15 is 0 Å². The maximum Gasteiger partial charge on any atom is 0.220 e. The van der Waals surface area contributed by atoms with Crippen LogP contribution in [0.1, 0.15) is 17.5 Å². The van der Waals surface area contributed by atoms with Gasteiger partial charge in [-0.2, -0.15) is 24.4 Å². The number of thiol groups is 1. The van der Waals surface area contributed by atoms with Crippen LogP contribution in [0.2, 0.25) is 0 Å². The number of thioether (sulfide) groups is 1. The molecule has 1 rings (SSSR count). The molecule has 0 spiro atoms. The van der Waals surface area contributed by atoms with E-state index in [-0.39, 0.29) is 12.5 Å². The van der Waals surface area contributed by atoms with Gasteiger partial charge in [0.2, 0.25) is 5.91 Å². The van der Waals surface area contributed by atoms with Gasteiger partial charge in [0.1, 0.15) is 0 Å². The number of aliphatic hydroxyl groups is 1. The highest BCUT2D eigenvalue weighted by molar-refractivity contribution is 7.98. The van der Waals surface area contributed by atoms with Crippen molar-refractivity contribution in [3.8, 4) is 0 Å². The van der Waals surface area contributed by atoms with Gasteiger partial charge in [0, 0.05) is 30.2 Å². The van der Waals surface area contributed by atoms with Crippen molar-refractivity contribution < 1.29 is 9.90 Å². The first kappa shape index (κ1) is 15.4. The summed E-state index contributed by atoms with van der Waals surface area (Å²) in [5, 5.41) is 11.2. The molecule has 0 aromatic heterocycles. The van der Waals surface area contributed by atoms with Crippen LogP contribution in [-0.4, -0.2) is 29.9 Å². The highest BCUT2D eigenvalue weighted by atomic mass is 32.2. The minimum Gasteiger partial charge on any atom is -0.395 e. The first-order valence-corrected chi connectivity index (χ1v) is 7.69. The van der Waals surface area contributed by atoms with Crippen LogP contribution in [0.15, 0.2) is 24.3 Å². The van der Waals surface area contributed by atoms with Crippen LogP contribution >= 0.6 is 24.4 Å². The molecular weight excluding hydrogens is 266 g/mol. The first-order chi connectivity index (χ1) is 8.76. The molecule has 2 N–H and O–H groups in total. The summed E-state index contributed by atoms with van der Waals surface area (Å²) in [4.78, 5) is 11.3. The summed E-state index contributed by atoms with van der Waals surface area (Å²) in [7, 11) is 0.